The van der Waals surface area contributed by atoms with Crippen LogP contribution in [0.1, 0.15) is 38.1 Å². The average molecular weight is 389 g/mol. The third-order valence-electron chi connectivity index (χ3n) is 3.33. The quantitative estimate of drug-likeness (QED) is 0.728. The summed E-state index contributed by atoms with van der Waals surface area (Å²) in [4.78, 5) is 37.4. The van der Waals surface area contributed by atoms with Gasteiger partial charge in [-0.3, -0.25) is 14.4 Å². The van der Waals surface area contributed by atoms with Crippen molar-refractivity contribution in [2.75, 3.05) is 13.2 Å². The lowest BCUT2D eigenvalue weighted by Gasteiger charge is -2.30. The molecule has 2 amide bonds. The van der Waals surface area contributed by atoms with Crippen molar-refractivity contribution >= 4 is 41.0 Å². The van der Waals surface area contributed by atoms with Crippen molar-refractivity contribution in [3.8, 4) is 0 Å². The lowest BCUT2D eigenvalue weighted by Crippen LogP contribution is -2.44. The number of hydrogen-bond acceptors (Lipinski definition) is 4. The predicted octanol–water partition coefficient (Wildman–Crippen LogP) is 2.91. The van der Waals surface area contributed by atoms with Gasteiger partial charge in [0, 0.05) is 17.6 Å². The molecular weight excluding hydrogens is 367 g/mol. The van der Waals surface area contributed by atoms with Gasteiger partial charge in [0.05, 0.1) is 10.0 Å². The number of hydrogen-bond donors (Lipinski definition) is 1. The molecular formula is C17H22Cl2N2O4. The van der Waals surface area contributed by atoms with Crippen LogP contribution >= 0.6 is 23.2 Å². The Morgan fingerprint density at radius 3 is 2.20 bits per heavy atom. The Balaban J connectivity index is 2.48. The first-order chi connectivity index (χ1) is 11.6. The Morgan fingerprint density at radius 1 is 1.08 bits per heavy atom. The first-order valence-corrected chi connectivity index (χ1v) is 8.59. The van der Waals surface area contributed by atoms with Crippen LogP contribution in [0.3, 0.4) is 0 Å². The molecule has 0 saturated heterocycles. The highest BCUT2D eigenvalue weighted by Gasteiger charge is 2.21. The van der Waals surface area contributed by atoms with E-state index >= 15 is 0 Å². The summed E-state index contributed by atoms with van der Waals surface area (Å²) >= 11 is 11.6. The van der Waals surface area contributed by atoms with E-state index in [9.17, 15) is 14.4 Å². The molecule has 0 aromatic heterocycles. The van der Waals surface area contributed by atoms with Gasteiger partial charge in [-0.25, -0.2) is 0 Å². The molecule has 0 unspecified atom stereocenters. The number of nitrogens with zero attached hydrogens (tertiary/aromatic N) is 1. The van der Waals surface area contributed by atoms with E-state index in [0.717, 1.165) is 0 Å². The number of ether oxygens (including phenoxy) is 1. The second kappa shape index (κ2) is 9.63. The maximum Gasteiger partial charge on any atom is 0.325 e. The minimum Gasteiger partial charge on any atom is -0.454 e. The van der Waals surface area contributed by atoms with Crippen LogP contribution < -0.4 is 5.32 Å². The highest BCUT2D eigenvalue weighted by atomic mass is 35.5. The molecule has 0 atom stereocenters. The highest BCUT2D eigenvalue weighted by Crippen LogP contribution is 2.22. The minimum absolute atomic E-state index is 0.000517. The fraction of sp³-hybridized carbons (Fsp3) is 0.471. The Bertz CT molecular complexity index is 640. The van der Waals surface area contributed by atoms with Crippen molar-refractivity contribution in [2.24, 2.45) is 0 Å². The van der Waals surface area contributed by atoms with Crippen LogP contribution in [0.2, 0.25) is 10.0 Å². The third kappa shape index (κ3) is 6.55. The van der Waals surface area contributed by atoms with Crippen LogP contribution in [-0.4, -0.2) is 47.9 Å². The highest BCUT2D eigenvalue weighted by molar-refractivity contribution is 6.42. The maximum atomic E-state index is 12.1. The van der Waals surface area contributed by atoms with E-state index in [4.69, 9.17) is 27.9 Å². The van der Waals surface area contributed by atoms with E-state index in [2.05, 4.69) is 5.32 Å². The van der Waals surface area contributed by atoms with Gasteiger partial charge in [-0.05, 0) is 45.9 Å². The summed E-state index contributed by atoms with van der Waals surface area (Å²) in [5, 5.41) is 2.97. The molecule has 1 N–H and O–H groups in total. The number of carbonyl (C=O) groups is 3. The van der Waals surface area contributed by atoms with E-state index in [1.807, 2.05) is 27.7 Å². The molecule has 0 spiro atoms. The number of halogens is 2. The Morgan fingerprint density at radius 2 is 1.68 bits per heavy atom. The zero-order valence-electron chi connectivity index (χ0n) is 14.6. The van der Waals surface area contributed by atoms with Crippen molar-refractivity contribution in [3.05, 3.63) is 33.8 Å². The SMILES string of the molecule is CC(C)N(C(=O)COC(=O)CNC(=O)c1ccc(Cl)c(Cl)c1)C(C)C. The van der Waals surface area contributed by atoms with E-state index < -0.39 is 11.9 Å². The smallest absolute Gasteiger partial charge is 0.325 e. The Labute approximate surface area is 157 Å². The van der Waals surface area contributed by atoms with Crippen molar-refractivity contribution in [2.45, 2.75) is 39.8 Å². The molecule has 0 aliphatic heterocycles. The second-order valence-electron chi connectivity index (χ2n) is 5.96. The number of nitrogens with one attached hydrogen (secondary N) is 1. The minimum atomic E-state index is -0.700. The van der Waals surface area contributed by atoms with Crippen molar-refractivity contribution in [1.29, 1.82) is 0 Å². The topological polar surface area (TPSA) is 75.7 Å². The van der Waals surface area contributed by atoms with Gasteiger partial charge in [0.15, 0.2) is 6.61 Å². The van der Waals surface area contributed by atoms with Gasteiger partial charge in [0.1, 0.15) is 6.54 Å². The van der Waals surface area contributed by atoms with Gasteiger partial charge in [0.2, 0.25) is 0 Å². The van der Waals surface area contributed by atoms with E-state index in [0.29, 0.717) is 5.02 Å². The standard InChI is InChI=1S/C17H22Cl2N2O4/c1-10(2)21(11(3)4)15(22)9-25-16(23)8-20-17(24)12-5-6-13(18)14(19)7-12/h5-7,10-11H,8-9H2,1-4H3,(H,20,24). The van der Waals surface area contributed by atoms with Crippen LogP contribution in [0.5, 0.6) is 0 Å². The first kappa shape index (κ1) is 21.3. The Hall–Kier alpha value is -1.79. The maximum absolute atomic E-state index is 12.1. The Kier molecular flexibility index (Phi) is 8.19. The molecule has 0 radical (unpaired) electrons. The molecule has 8 heteroatoms. The van der Waals surface area contributed by atoms with Crippen molar-refractivity contribution < 1.29 is 19.1 Å². The molecule has 25 heavy (non-hydrogen) atoms. The van der Waals surface area contributed by atoms with Gasteiger partial charge >= 0.3 is 5.97 Å². The lowest BCUT2D eigenvalue weighted by molar-refractivity contribution is -0.152. The van der Waals surface area contributed by atoms with Crippen LogP contribution in [0, 0.1) is 0 Å². The largest absolute Gasteiger partial charge is 0.454 e. The summed E-state index contributed by atoms with van der Waals surface area (Å²) in [6, 6.07) is 4.38. The van der Waals surface area contributed by atoms with Gasteiger partial charge in [-0.15, -0.1) is 0 Å². The molecule has 1 rings (SSSR count). The fourth-order valence-electron chi connectivity index (χ4n) is 2.33. The summed E-state index contributed by atoms with van der Waals surface area (Å²) in [7, 11) is 0. The molecule has 6 nitrogen and oxygen atoms in total. The zero-order chi connectivity index (χ0) is 19.1. The fourth-order valence-corrected chi connectivity index (χ4v) is 2.63. The number of amides is 2. The molecule has 0 saturated carbocycles. The normalized spacial score (nSPS) is 10.7. The van der Waals surface area contributed by atoms with Crippen molar-refractivity contribution in [3.63, 3.8) is 0 Å². The third-order valence-corrected chi connectivity index (χ3v) is 4.07. The summed E-state index contributed by atoms with van der Waals surface area (Å²) < 4.78 is 4.92. The predicted molar refractivity (Wildman–Crippen MR) is 96.9 cm³/mol. The monoisotopic (exact) mass is 388 g/mol. The van der Waals surface area contributed by atoms with Gasteiger partial charge in [-0.2, -0.15) is 0 Å². The van der Waals surface area contributed by atoms with Crippen LogP contribution in [0.4, 0.5) is 0 Å². The zero-order valence-corrected chi connectivity index (χ0v) is 16.1. The van der Waals surface area contributed by atoms with Gasteiger partial charge < -0.3 is 15.0 Å². The number of benzene rings is 1. The van der Waals surface area contributed by atoms with E-state index in [-0.39, 0.29) is 41.7 Å². The van der Waals surface area contributed by atoms with Gasteiger partial charge in [-0.1, -0.05) is 23.2 Å². The summed E-state index contributed by atoms with van der Waals surface area (Å²) in [6.07, 6.45) is 0. The average Bonchev–Trinajstić information content (AvgIpc) is 2.52. The molecule has 0 fully saturated rings. The number of rotatable bonds is 7. The van der Waals surface area contributed by atoms with Crippen LogP contribution in [0.25, 0.3) is 0 Å². The molecule has 0 aliphatic carbocycles. The summed E-state index contributed by atoms with van der Waals surface area (Å²) in [5.41, 5.74) is 0.268. The molecule has 1 aromatic rings. The lowest BCUT2D eigenvalue weighted by atomic mass is 10.2. The second-order valence-corrected chi connectivity index (χ2v) is 6.78. The van der Waals surface area contributed by atoms with Gasteiger partial charge in [0.25, 0.3) is 11.8 Å². The number of esters is 1. The summed E-state index contributed by atoms with van der Waals surface area (Å²) in [6.45, 7) is 6.83. The van der Waals surface area contributed by atoms with Crippen LogP contribution in [0.15, 0.2) is 18.2 Å². The molecule has 0 bridgehead atoms. The summed E-state index contributed by atoms with van der Waals surface area (Å²) in [5.74, 6) is -1.48. The van der Waals surface area contributed by atoms with Crippen LogP contribution in [-0.2, 0) is 14.3 Å². The molecule has 0 heterocycles. The van der Waals surface area contributed by atoms with E-state index in [1.165, 1.54) is 18.2 Å². The number of carbonyl (C=O) groups excluding carboxylic acids is 3. The van der Waals surface area contributed by atoms with Crippen molar-refractivity contribution in [1.82, 2.24) is 10.2 Å². The van der Waals surface area contributed by atoms with E-state index in [1.54, 1.807) is 4.90 Å². The molecule has 138 valence electrons. The molecule has 0 aliphatic rings. The first-order valence-electron chi connectivity index (χ1n) is 7.83. The molecule has 1 aromatic carbocycles.